The summed E-state index contributed by atoms with van der Waals surface area (Å²) < 4.78 is 10.4. The highest BCUT2D eigenvalue weighted by Gasteiger charge is 2.36. The molecule has 0 bridgehead atoms. The van der Waals surface area contributed by atoms with Gasteiger partial charge in [-0.2, -0.15) is 0 Å². The third-order valence-electron chi connectivity index (χ3n) is 3.56. The first kappa shape index (κ1) is 20.1. The lowest BCUT2D eigenvalue weighted by Gasteiger charge is -2.36. The number of morpholine rings is 1. The first-order valence-electron chi connectivity index (χ1n) is 7.98. The zero-order valence-electron chi connectivity index (χ0n) is 14.6. The zero-order valence-corrected chi connectivity index (χ0v) is 14.6. The molecule has 134 valence electrons. The van der Waals surface area contributed by atoms with E-state index in [0.717, 1.165) is 0 Å². The van der Waals surface area contributed by atoms with Crippen LogP contribution in [-0.2, 0) is 23.9 Å². The minimum Gasteiger partial charge on any atom is -0.377 e. The van der Waals surface area contributed by atoms with Crippen LogP contribution in [0, 0.1) is 17.8 Å². The molecule has 7 nitrogen and oxygen atoms in total. The van der Waals surface area contributed by atoms with E-state index in [0.29, 0.717) is 13.2 Å². The minimum atomic E-state index is -0.739. The van der Waals surface area contributed by atoms with E-state index in [2.05, 4.69) is 11.2 Å². The molecule has 1 aliphatic heterocycles. The summed E-state index contributed by atoms with van der Waals surface area (Å²) in [6, 6.07) is -0.354. The zero-order chi connectivity index (χ0) is 18.2. The van der Waals surface area contributed by atoms with E-state index in [4.69, 9.17) is 15.9 Å². The maximum absolute atomic E-state index is 12.4. The van der Waals surface area contributed by atoms with Crippen LogP contribution in [0.2, 0.25) is 0 Å². The Kier molecular flexibility index (Phi) is 7.89. The molecule has 1 aliphatic rings. The van der Waals surface area contributed by atoms with Gasteiger partial charge in [0.15, 0.2) is 0 Å². The van der Waals surface area contributed by atoms with Crippen LogP contribution in [0.15, 0.2) is 0 Å². The van der Waals surface area contributed by atoms with Gasteiger partial charge in [0.25, 0.3) is 5.91 Å². The summed E-state index contributed by atoms with van der Waals surface area (Å²) in [6.07, 6.45) is 5.23. The first-order valence-corrected chi connectivity index (χ1v) is 7.98. The molecule has 1 saturated heterocycles. The Balaban J connectivity index is 2.52. The number of nitrogens with zero attached hydrogens (tertiary/aromatic N) is 1. The summed E-state index contributed by atoms with van der Waals surface area (Å²) in [5, 5.41) is 2.74. The van der Waals surface area contributed by atoms with Gasteiger partial charge < -0.3 is 19.7 Å². The van der Waals surface area contributed by atoms with Crippen LogP contribution in [0.25, 0.3) is 0 Å². The smallest absolute Gasteiger partial charge is 0.290 e. The van der Waals surface area contributed by atoms with Gasteiger partial charge in [0, 0.05) is 18.5 Å². The van der Waals surface area contributed by atoms with Crippen molar-refractivity contribution in [2.75, 3.05) is 39.5 Å². The molecule has 0 aromatic carbocycles. The van der Waals surface area contributed by atoms with Crippen LogP contribution in [0.3, 0.4) is 0 Å². The number of carbonyl (C=O) groups excluding carboxylic acids is 3. The lowest BCUT2D eigenvalue weighted by Crippen LogP contribution is -2.56. The molecule has 24 heavy (non-hydrogen) atoms. The predicted octanol–water partition coefficient (Wildman–Crippen LogP) is -0.0149. The number of hydrogen-bond donors (Lipinski definition) is 1. The van der Waals surface area contributed by atoms with Crippen molar-refractivity contribution in [2.24, 2.45) is 5.41 Å². The molecule has 1 heterocycles. The minimum absolute atomic E-state index is 0.168. The molecule has 1 N–H and O–H groups in total. The Labute approximate surface area is 143 Å². The summed E-state index contributed by atoms with van der Waals surface area (Å²) >= 11 is 0. The standard InChI is InChI=1S/C17H26N2O5/c1-5-8-23-9-6-14(20)18-11-13-12-24-10-7-19(13)16(22)15(21)17(2,3)4/h1,13H,6-12H2,2-4H3,(H,18,20). The Bertz CT molecular complexity index is 504. The van der Waals surface area contributed by atoms with Crippen molar-refractivity contribution in [1.82, 2.24) is 10.2 Å². The topological polar surface area (TPSA) is 84.9 Å². The Morgan fingerprint density at radius 3 is 2.71 bits per heavy atom. The van der Waals surface area contributed by atoms with Gasteiger partial charge in [-0.25, -0.2) is 0 Å². The molecule has 0 spiro atoms. The molecule has 1 fully saturated rings. The van der Waals surface area contributed by atoms with E-state index in [1.54, 1.807) is 20.8 Å². The van der Waals surface area contributed by atoms with Crippen molar-refractivity contribution in [2.45, 2.75) is 33.2 Å². The second kappa shape index (κ2) is 9.40. The van der Waals surface area contributed by atoms with Gasteiger partial charge >= 0.3 is 0 Å². The summed E-state index contributed by atoms with van der Waals surface area (Å²) in [5.41, 5.74) is -0.739. The molecule has 1 unspecified atom stereocenters. The van der Waals surface area contributed by atoms with Gasteiger partial charge in [-0.3, -0.25) is 14.4 Å². The Morgan fingerprint density at radius 2 is 2.08 bits per heavy atom. The van der Waals surface area contributed by atoms with Crippen LogP contribution in [-0.4, -0.2) is 68.1 Å². The van der Waals surface area contributed by atoms with Gasteiger partial charge in [0.1, 0.15) is 6.61 Å². The maximum atomic E-state index is 12.4. The summed E-state index contributed by atoms with van der Waals surface area (Å²) in [7, 11) is 0. The van der Waals surface area contributed by atoms with E-state index >= 15 is 0 Å². The number of nitrogens with one attached hydrogen (secondary N) is 1. The third kappa shape index (κ3) is 6.30. The van der Waals surface area contributed by atoms with E-state index in [1.807, 2.05) is 0 Å². The first-order chi connectivity index (χ1) is 11.3. The molecule has 0 aromatic heterocycles. The Hall–Kier alpha value is -1.91. The van der Waals surface area contributed by atoms with Crippen LogP contribution in [0.5, 0.6) is 0 Å². The van der Waals surface area contributed by atoms with Crippen LogP contribution in [0.1, 0.15) is 27.2 Å². The second-order valence-corrected chi connectivity index (χ2v) is 6.62. The highest BCUT2D eigenvalue weighted by molar-refractivity contribution is 6.37. The maximum Gasteiger partial charge on any atom is 0.290 e. The molecular weight excluding hydrogens is 312 g/mol. The van der Waals surface area contributed by atoms with Gasteiger partial charge in [-0.15, -0.1) is 6.42 Å². The van der Waals surface area contributed by atoms with Crippen molar-refractivity contribution < 1.29 is 23.9 Å². The number of ether oxygens (including phenoxy) is 2. The number of terminal acetylenes is 1. The molecule has 0 aliphatic carbocycles. The molecule has 1 rings (SSSR count). The molecule has 1 atom stereocenters. The number of carbonyl (C=O) groups is 3. The number of rotatable bonds is 7. The highest BCUT2D eigenvalue weighted by Crippen LogP contribution is 2.18. The SMILES string of the molecule is C#CCOCCC(=O)NCC1COCCN1C(=O)C(=O)C(C)(C)C. The van der Waals surface area contributed by atoms with E-state index in [9.17, 15) is 14.4 Å². The fourth-order valence-corrected chi connectivity index (χ4v) is 2.16. The molecular formula is C17H26N2O5. The van der Waals surface area contributed by atoms with Crippen LogP contribution in [0.4, 0.5) is 0 Å². The molecule has 7 heteroatoms. The molecule has 0 saturated carbocycles. The fraction of sp³-hybridized carbons (Fsp3) is 0.706. The molecule has 0 radical (unpaired) electrons. The van der Waals surface area contributed by atoms with Crippen molar-refractivity contribution in [3.05, 3.63) is 0 Å². The third-order valence-corrected chi connectivity index (χ3v) is 3.56. The summed E-state index contributed by atoms with van der Waals surface area (Å²) in [6.45, 7) is 6.78. The van der Waals surface area contributed by atoms with Crippen molar-refractivity contribution in [1.29, 1.82) is 0 Å². The van der Waals surface area contributed by atoms with Crippen molar-refractivity contribution >= 4 is 17.6 Å². The normalized spacial score (nSPS) is 17.9. The average molecular weight is 338 g/mol. The van der Waals surface area contributed by atoms with Gasteiger partial charge in [-0.05, 0) is 0 Å². The van der Waals surface area contributed by atoms with Gasteiger partial charge in [0.2, 0.25) is 11.7 Å². The summed E-state index contributed by atoms with van der Waals surface area (Å²) in [5.74, 6) is 1.15. The number of Topliss-reactive ketones (excluding diaryl/α,β-unsaturated/α-hetero) is 1. The Morgan fingerprint density at radius 1 is 1.38 bits per heavy atom. The lowest BCUT2D eigenvalue weighted by atomic mass is 9.89. The number of amides is 2. The van der Waals surface area contributed by atoms with Crippen molar-refractivity contribution in [3.63, 3.8) is 0 Å². The lowest BCUT2D eigenvalue weighted by molar-refractivity contribution is -0.154. The van der Waals surface area contributed by atoms with Crippen LogP contribution < -0.4 is 5.32 Å². The number of ketones is 1. The van der Waals surface area contributed by atoms with Gasteiger partial charge in [-0.1, -0.05) is 26.7 Å². The average Bonchev–Trinajstić information content (AvgIpc) is 2.55. The molecule has 0 aromatic rings. The second-order valence-electron chi connectivity index (χ2n) is 6.62. The van der Waals surface area contributed by atoms with Crippen LogP contribution >= 0.6 is 0 Å². The summed E-state index contributed by atoms with van der Waals surface area (Å²) in [4.78, 5) is 37.9. The highest BCUT2D eigenvalue weighted by atomic mass is 16.5. The van der Waals surface area contributed by atoms with Crippen molar-refractivity contribution in [3.8, 4) is 12.3 Å². The largest absolute Gasteiger partial charge is 0.377 e. The van der Waals surface area contributed by atoms with Gasteiger partial charge in [0.05, 0.1) is 32.3 Å². The van der Waals surface area contributed by atoms with E-state index in [1.165, 1.54) is 4.90 Å². The quantitative estimate of drug-likeness (QED) is 0.401. The van der Waals surface area contributed by atoms with E-state index in [-0.39, 0.29) is 44.7 Å². The predicted molar refractivity (Wildman–Crippen MR) is 88.1 cm³/mol. The fourth-order valence-electron chi connectivity index (χ4n) is 2.16. The monoisotopic (exact) mass is 338 g/mol. The molecule has 2 amide bonds. The van der Waals surface area contributed by atoms with E-state index < -0.39 is 17.1 Å². The number of hydrogen-bond acceptors (Lipinski definition) is 5.